The fraction of sp³-hybridized carbons (Fsp3) is 1.00. The van der Waals surface area contributed by atoms with Gasteiger partial charge < -0.3 is 84.7 Å². The molecular formula is C12H42Cl2CoN6O5. The number of nitrogens with two attached hydrogens (primary N) is 6. The van der Waals surface area contributed by atoms with Gasteiger partial charge in [-0.1, -0.05) is 6.92 Å². The molecule has 26 heavy (non-hydrogen) atoms. The van der Waals surface area contributed by atoms with Gasteiger partial charge in [0, 0.05) is 32.7 Å². The van der Waals surface area contributed by atoms with Gasteiger partial charge in [-0.3, -0.25) is 0 Å². The molecule has 0 aliphatic heterocycles. The predicted octanol–water partition coefficient (Wildman–Crippen LogP) is -11.3. The van der Waals surface area contributed by atoms with Gasteiger partial charge in [0.05, 0.1) is 33.0 Å². The maximum Gasteiger partial charge on any atom is 2.00 e. The van der Waals surface area contributed by atoms with E-state index in [0.717, 1.165) is 6.54 Å². The Kier molecular flexibility index (Phi) is 249. The van der Waals surface area contributed by atoms with Crippen molar-refractivity contribution in [2.75, 3.05) is 72.3 Å². The minimum atomic E-state index is 0. The van der Waals surface area contributed by atoms with Gasteiger partial charge in [0.2, 0.25) is 0 Å². The zero-order chi connectivity index (χ0) is 19.8. The van der Waals surface area contributed by atoms with E-state index in [0.29, 0.717) is 32.7 Å². The Bertz CT molecular complexity index is 93.0. The van der Waals surface area contributed by atoms with Crippen molar-refractivity contribution in [2.24, 2.45) is 34.4 Å². The summed E-state index contributed by atoms with van der Waals surface area (Å²) in [6.07, 6.45) is 0. The number of hydrogen-bond acceptors (Lipinski definition) is 11. The first-order valence-electron chi connectivity index (χ1n) is 7.24. The second-order valence-corrected chi connectivity index (χ2v) is 2.97. The number of hydrogen-bond donors (Lipinski definition) is 11. The Morgan fingerprint density at radius 3 is 0.500 bits per heavy atom. The van der Waals surface area contributed by atoms with Crippen molar-refractivity contribution in [3.05, 3.63) is 0 Å². The number of aliphatic hydroxyl groups excluding tert-OH is 5. The van der Waals surface area contributed by atoms with E-state index >= 15 is 0 Å². The molecule has 17 N–H and O–H groups in total. The molecule has 0 amide bonds. The van der Waals surface area contributed by atoms with Gasteiger partial charge >= 0.3 is 16.8 Å². The summed E-state index contributed by atoms with van der Waals surface area (Å²) in [5.41, 5.74) is 28.7. The second-order valence-electron chi connectivity index (χ2n) is 2.97. The van der Waals surface area contributed by atoms with Crippen molar-refractivity contribution in [2.45, 2.75) is 6.92 Å². The summed E-state index contributed by atoms with van der Waals surface area (Å²) in [7, 11) is 0. The maximum atomic E-state index is 7.75. The van der Waals surface area contributed by atoms with Crippen LogP contribution in [-0.4, -0.2) is 97.8 Å². The molecular weight excluding hydrogens is 438 g/mol. The Morgan fingerprint density at radius 2 is 0.500 bits per heavy atom. The minimum Gasteiger partial charge on any atom is -1.00 e. The summed E-state index contributed by atoms with van der Waals surface area (Å²) in [6, 6.07) is 0. The van der Waals surface area contributed by atoms with Crippen LogP contribution in [0.4, 0.5) is 0 Å². The second kappa shape index (κ2) is 115. The standard InChI is InChI=1S/5C2H7NO.C2H7N.2ClH.Co/c5*3-1-2-4;1-2-3;;;/h5*4H,1-3H2;2-3H2,1H3;2*1H;/q;;;;;;;;+2/p-2. The molecule has 14 heteroatoms. The van der Waals surface area contributed by atoms with Crippen molar-refractivity contribution in [1.82, 2.24) is 0 Å². The van der Waals surface area contributed by atoms with Crippen LogP contribution in [-0.2, 0) is 16.8 Å². The van der Waals surface area contributed by atoms with E-state index in [9.17, 15) is 0 Å². The average molecular weight is 480 g/mol. The van der Waals surface area contributed by atoms with Gasteiger partial charge in [0.1, 0.15) is 0 Å². The van der Waals surface area contributed by atoms with Crippen molar-refractivity contribution < 1.29 is 67.1 Å². The fourth-order valence-corrected chi connectivity index (χ4v) is 0. The summed E-state index contributed by atoms with van der Waals surface area (Å²) in [4.78, 5) is 0. The monoisotopic (exact) mass is 479 g/mol. The van der Waals surface area contributed by atoms with Crippen LogP contribution in [0.5, 0.6) is 0 Å². The smallest absolute Gasteiger partial charge is 1.00 e. The van der Waals surface area contributed by atoms with Gasteiger partial charge in [-0.2, -0.15) is 0 Å². The number of aliphatic hydroxyl groups is 5. The summed E-state index contributed by atoms with van der Waals surface area (Å²) < 4.78 is 0. The van der Waals surface area contributed by atoms with Crippen molar-refractivity contribution in [1.29, 1.82) is 0 Å². The Labute approximate surface area is 180 Å². The van der Waals surface area contributed by atoms with Gasteiger partial charge in [0.25, 0.3) is 0 Å². The quantitative estimate of drug-likeness (QED) is 0.176. The van der Waals surface area contributed by atoms with Crippen molar-refractivity contribution in [3.63, 3.8) is 0 Å². The summed E-state index contributed by atoms with van der Waals surface area (Å²) in [6.45, 7) is 5.01. The average Bonchev–Trinajstić information content (AvgIpc) is 2.62. The Morgan fingerprint density at radius 1 is 0.462 bits per heavy atom. The maximum absolute atomic E-state index is 7.75. The molecule has 0 aromatic rings. The molecule has 0 fully saturated rings. The van der Waals surface area contributed by atoms with Gasteiger partial charge in [-0.25, -0.2) is 0 Å². The first-order chi connectivity index (χ1) is 11.0. The number of rotatable bonds is 5. The SMILES string of the molecule is CCN.NCCO.NCCO.NCCO.NCCO.NCCO.[Cl-].[Cl-].[Co+2]. The third-order valence-electron chi connectivity index (χ3n) is 0.645. The predicted molar refractivity (Wildman–Crippen MR) is 95.4 cm³/mol. The van der Waals surface area contributed by atoms with Gasteiger partial charge in [0.15, 0.2) is 0 Å². The number of halogens is 2. The summed E-state index contributed by atoms with van der Waals surface area (Å²) in [5, 5.41) is 38.8. The molecule has 0 atom stereocenters. The molecule has 0 bridgehead atoms. The van der Waals surface area contributed by atoms with Crippen LogP contribution in [0.3, 0.4) is 0 Å². The van der Waals surface area contributed by atoms with E-state index in [4.69, 9.17) is 59.9 Å². The molecule has 11 nitrogen and oxygen atoms in total. The fourth-order valence-electron chi connectivity index (χ4n) is 0. The van der Waals surface area contributed by atoms with Crippen LogP contribution in [0.15, 0.2) is 0 Å². The minimum absolute atomic E-state index is 0. The van der Waals surface area contributed by atoms with E-state index in [1.165, 1.54) is 0 Å². The van der Waals surface area contributed by atoms with Gasteiger partial charge in [-0.05, 0) is 6.54 Å². The van der Waals surface area contributed by atoms with Crippen LogP contribution in [0.25, 0.3) is 0 Å². The van der Waals surface area contributed by atoms with Crippen LogP contribution in [0.2, 0.25) is 0 Å². The molecule has 0 saturated carbocycles. The van der Waals surface area contributed by atoms with Crippen LogP contribution >= 0.6 is 0 Å². The molecule has 0 spiro atoms. The summed E-state index contributed by atoms with van der Waals surface area (Å²) in [5.74, 6) is 0. The molecule has 173 valence electrons. The van der Waals surface area contributed by atoms with E-state index in [-0.39, 0.29) is 74.6 Å². The molecule has 0 aliphatic carbocycles. The van der Waals surface area contributed by atoms with E-state index in [2.05, 4.69) is 0 Å². The van der Waals surface area contributed by atoms with E-state index in [1.54, 1.807) is 0 Å². The first-order valence-corrected chi connectivity index (χ1v) is 7.24. The molecule has 0 heterocycles. The molecule has 1 radical (unpaired) electrons. The third kappa shape index (κ3) is 432. The molecule has 0 rings (SSSR count). The van der Waals surface area contributed by atoms with Crippen molar-refractivity contribution in [3.8, 4) is 0 Å². The van der Waals surface area contributed by atoms with E-state index in [1.807, 2.05) is 6.92 Å². The third-order valence-corrected chi connectivity index (χ3v) is 0.645. The summed E-state index contributed by atoms with van der Waals surface area (Å²) >= 11 is 0. The zero-order valence-electron chi connectivity index (χ0n) is 15.6. The first kappa shape index (κ1) is 56.3. The molecule has 0 aromatic carbocycles. The van der Waals surface area contributed by atoms with Crippen LogP contribution in [0, 0.1) is 0 Å². The largest absolute Gasteiger partial charge is 2.00 e. The molecule has 0 saturated heterocycles. The molecule has 0 aliphatic rings. The van der Waals surface area contributed by atoms with Crippen LogP contribution in [0.1, 0.15) is 6.92 Å². The normalized spacial score (nSPS) is 6.46. The van der Waals surface area contributed by atoms with Crippen molar-refractivity contribution >= 4 is 0 Å². The molecule has 0 aromatic heterocycles. The Balaban J connectivity index is -0.0000000187. The van der Waals surface area contributed by atoms with Crippen LogP contribution < -0.4 is 59.2 Å². The van der Waals surface area contributed by atoms with E-state index < -0.39 is 0 Å². The topological polar surface area (TPSA) is 257 Å². The Hall–Kier alpha value is 0.646. The van der Waals surface area contributed by atoms with Gasteiger partial charge in [-0.15, -0.1) is 0 Å². The zero-order valence-corrected chi connectivity index (χ0v) is 18.1. The molecule has 0 unspecified atom stereocenters.